The van der Waals surface area contributed by atoms with Gasteiger partial charge in [0, 0.05) is 5.69 Å². The van der Waals surface area contributed by atoms with Crippen LogP contribution in [-0.2, 0) is 21.0 Å². The molecule has 0 aliphatic rings. The molecule has 0 bridgehead atoms. The monoisotopic (exact) mass is 397 g/mol. The zero-order valence-electron chi connectivity index (χ0n) is 14.0. The Hall–Kier alpha value is -3.06. The van der Waals surface area contributed by atoms with Gasteiger partial charge in [-0.1, -0.05) is 12.1 Å². The van der Waals surface area contributed by atoms with E-state index in [1.54, 1.807) is 0 Å². The molecule has 0 saturated heterocycles. The minimum atomic E-state index is -4.79. The number of para-hydroxylation sites is 1. The first-order valence-electron chi connectivity index (χ1n) is 7.46. The van der Waals surface area contributed by atoms with Crippen LogP contribution in [0.3, 0.4) is 0 Å². The molecule has 0 unspecified atom stereocenters. The molecular weight excluding hydrogens is 383 g/mol. The van der Waals surface area contributed by atoms with Crippen molar-refractivity contribution < 1.29 is 26.4 Å². The molecule has 0 aliphatic heterocycles. The highest BCUT2D eigenvalue weighted by Gasteiger charge is 2.36. The van der Waals surface area contributed by atoms with E-state index in [9.17, 15) is 26.4 Å². The van der Waals surface area contributed by atoms with E-state index in [-0.39, 0.29) is 5.69 Å². The molecule has 142 valence electrons. The van der Waals surface area contributed by atoms with Gasteiger partial charge >= 0.3 is 6.18 Å². The largest absolute Gasteiger partial charge is 0.418 e. The fourth-order valence-corrected chi connectivity index (χ4v) is 3.14. The number of nitriles is 1. The van der Waals surface area contributed by atoms with Crippen molar-refractivity contribution in [2.24, 2.45) is 0 Å². The maximum Gasteiger partial charge on any atom is 0.418 e. The number of carbonyl (C=O) groups excluding carboxylic acids is 1. The molecule has 2 rings (SSSR count). The first-order chi connectivity index (χ1) is 12.5. The van der Waals surface area contributed by atoms with Crippen LogP contribution >= 0.6 is 0 Å². The number of anilines is 2. The summed E-state index contributed by atoms with van der Waals surface area (Å²) in [5.41, 5.74) is -1.18. The van der Waals surface area contributed by atoms with Crippen LogP contribution in [0.2, 0.25) is 0 Å². The first kappa shape index (κ1) is 20.3. The lowest BCUT2D eigenvalue weighted by molar-refractivity contribution is -0.137. The second kappa shape index (κ2) is 7.67. The van der Waals surface area contributed by atoms with Crippen molar-refractivity contribution in [1.29, 1.82) is 5.26 Å². The predicted octanol–water partition coefficient (Wildman–Crippen LogP) is 2.98. The number of alkyl halides is 3. The lowest BCUT2D eigenvalue weighted by atomic mass is 10.1. The SMILES string of the molecule is CS(=O)(=O)N(CC(=O)Nc1ccc(C#N)cc1)c1ccccc1C(F)(F)F. The summed E-state index contributed by atoms with van der Waals surface area (Å²) in [6.07, 6.45) is -4.07. The number of nitrogens with one attached hydrogen (secondary N) is 1. The lowest BCUT2D eigenvalue weighted by Gasteiger charge is -2.25. The highest BCUT2D eigenvalue weighted by Crippen LogP contribution is 2.37. The van der Waals surface area contributed by atoms with Crippen molar-refractivity contribution >= 4 is 27.3 Å². The van der Waals surface area contributed by atoms with Crippen LogP contribution < -0.4 is 9.62 Å². The van der Waals surface area contributed by atoms with Gasteiger partial charge < -0.3 is 5.32 Å². The van der Waals surface area contributed by atoms with Gasteiger partial charge in [0.05, 0.1) is 29.1 Å². The number of halogens is 3. The summed E-state index contributed by atoms with van der Waals surface area (Å²) in [6, 6.07) is 11.7. The summed E-state index contributed by atoms with van der Waals surface area (Å²) < 4.78 is 64.1. The molecule has 0 atom stereocenters. The quantitative estimate of drug-likeness (QED) is 0.840. The normalized spacial score (nSPS) is 11.5. The van der Waals surface area contributed by atoms with Gasteiger partial charge in [0.15, 0.2) is 0 Å². The molecule has 0 radical (unpaired) electrons. The Balaban J connectivity index is 2.31. The first-order valence-corrected chi connectivity index (χ1v) is 9.31. The van der Waals surface area contributed by atoms with Crippen LogP contribution in [0.4, 0.5) is 24.5 Å². The molecule has 0 aromatic heterocycles. The van der Waals surface area contributed by atoms with Gasteiger partial charge in [0.25, 0.3) is 0 Å². The maximum atomic E-state index is 13.2. The smallest absolute Gasteiger partial charge is 0.325 e. The molecule has 0 fully saturated rings. The number of amides is 1. The second-order valence-electron chi connectivity index (χ2n) is 5.52. The van der Waals surface area contributed by atoms with Gasteiger partial charge in [-0.05, 0) is 36.4 Å². The Morgan fingerprint density at radius 2 is 1.74 bits per heavy atom. The third-order valence-electron chi connectivity index (χ3n) is 3.46. The van der Waals surface area contributed by atoms with E-state index in [4.69, 9.17) is 5.26 Å². The molecule has 0 saturated carbocycles. The molecule has 0 heterocycles. The Bertz CT molecular complexity index is 981. The number of benzene rings is 2. The maximum absolute atomic E-state index is 13.2. The topological polar surface area (TPSA) is 90.3 Å². The highest BCUT2D eigenvalue weighted by molar-refractivity contribution is 7.92. The van der Waals surface area contributed by atoms with Gasteiger partial charge in [-0.25, -0.2) is 8.42 Å². The average molecular weight is 397 g/mol. The standard InChI is InChI=1S/C17H14F3N3O3S/c1-27(25,26)23(15-5-3-2-4-14(15)17(18,19)20)11-16(24)22-13-8-6-12(10-21)7-9-13/h2-9H,11H2,1H3,(H,22,24). The highest BCUT2D eigenvalue weighted by atomic mass is 32.2. The summed E-state index contributed by atoms with van der Waals surface area (Å²) in [6.45, 7) is -0.841. The number of carbonyl (C=O) groups is 1. The van der Waals surface area contributed by atoms with Crippen LogP contribution in [0.1, 0.15) is 11.1 Å². The fourth-order valence-electron chi connectivity index (χ4n) is 2.27. The second-order valence-corrected chi connectivity index (χ2v) is 7.43. The Labute approximate surface area is 153 Å². The lowest BCUT2D eigenvalue weighted by Crippen LogP contribution is -2.38. The van der Waals surface area contributed by atoms with Gasteiger partial charge in [0.1, 0.15) is 6.54 Å². The molecule has 2 aromatic carbocycles. The number of rotatable bonds is 5. The molecule has 27 heavy (non-hydrogen) atoms. The summed E-state index contributed by atoms with van der Waals surface area (Å²) in [5.74, 6) is -0.831. The summed E-state index contributed by atoms with van der Waals surface area (Å²) in [5, 5.41) is 11.1. The molecular formula is C17H14F3N3O3S. The van der Waals surface area contributed by atoms with Crippen LogP contribution in [0.15, 0.2) is 48.5 Å². The number of hydrogen-bond acceptors (Lipinski definition) is 4. The average Bonchev–Trinajstić information content (AvgIpc) is 2.58. The summed E-state index contributed by atoms with van der Waals surface area (Å²) in [7, 11) is -4.17. The zero-order chi connectivity index (χ0) is 20.2. The zero-order valence-corrected chi connectivity index (χ0v) is 14.8. The minimum absolute atomic E-state index is 0.275. The van der Waals surface area contributed by atoms with E-state index in [1.807, 2.05) is 6.07 Å². The van der Waals surface area contributed by atoms with E-state index in [1.165, 1.54) is 30.3 Å². The minimum Gasteiger partial charge on any atom is -0.325 e. The van der Waals surface area contributed by atoms with Crippen molar-refractivity contribution in [1.82, 2.24) is 0 Å². The predicted molar refractivity (Wildman–Crippen MR) is 93.4 cm³/mol. The van der Waals surface area contributed by atoms with Crippen molar-refractivity contribution in [3.05, 3.63) is 59.7 Å². The van der Waals surface area contributed by atoms with Gasteiger partial charge in [-0.15, -0.1) is 0 Å². The van der Waals surface area contributed by atoms with E-state index in [0.717, 1.165) is 24.5 Å². The summed E-state index contributed by atoms with van der Waals surface area (Å²) >= 11 is 0. The van der Waals surface area contributed by atoms with Crippen molar-refractivity contribution in [2.45, 2.75) is 6.18 Å². The summed E-state index contributed by atoms with van der Waals surface area (Å²) in [4.78, 5) is 12.2. The van der Waals surface area contributed by atoms with E-state index in [0.29, 0.717) is 9.87 Å². The van der Waals surface area contributed by atoms with Crippen LogP contribution in [0, 0.1) is 11.3 Å². The Morgan fingerprint density at radius 3 is 2.26 bits per heavy atom. The van der Waals surface area contributed by atoms with Gasteiger partial charge in [-0.3, -0.25) is 9.10 Å². The van der Waals surface area contributed by atoms with Crippen molar-refractivity contribution in [3.63, 3.8) is 0 Å². The Kier molecular flexibility index (Phi) is 5.75. The number of hydrogen-bond donors (Lipinski definition) is 1. The third kappa shape index (κ3) is 5.21. The van der Waals surface area contributed by atoms with Gasteiger partial charge in [0.2, 0.25) is 15.9 Å². The Morgan fingerprint density at radius 1 is 1.15 bits per heavy atom. The molecule has 10 heteroatoms. The van der Waals surface area contributed by atoms with Crippen LogP contribution in [0.25, 0.3) is 0 Å². The van der Waals surface area contributed by atoms with E-state index < -0.39 is 39.9 Å². The van der Waals surface area contributed by atoms with Crippen LogP contribution in [0.5, 0.6) is 0 Å². The van der Waals surface area contributed by atoms with Crippen LogP contribution in [-0.4, -0.2) is 27.1 Å². The van der Waals surface area contributed by atoms with E-state index >= 15 is 0 Å². The van der Waals surface area contributed by atoms with E-state index in [2.05, 4.69) is 5.32 Å². The number of sulfonamides is 1. The molecule has 0 spiro atoms. The molecule has 2 aromatic rings. The van der Waals surface area contributed by atoms with Crippen molar-refractivity contribution in [3.8, 4) is 6.07 Å². The van der Waals surface area contributed by atoms with Crippen molar-refractivity contribution in [2.75, 3.05) is 22.4 Å². The molecule has 6 nitrogen and oxygen atoms in total. The molecule has 1 amide bonds. The molecule has 1 N–H and O–H groups in total. The number of nitrogens with zero attached hydrogens (tertiary/aromatic N) is 2. The van der Waals surface area contributed by atoms with Gasteiger partial charge in [-0.2, -0.15) is 18.4 Å². The fraction of sp³-hybridized carbons (Fsp3) is 0.176. The third-order valence-corrected chi connectivity index (χ3v) is 4.59. The molecule has 0 aliphatic carbocycles.